The summed E-state index contributed by atoms with van der Waals surface area (Å²) in [7, 11) is 1.67. The summed E-state index contributed by atoms with van der Waals surface area (Å²) in [5.74, 6) is 0.839. The first-order valence-electron chi connectivity index (χ1n) is 4.74. The maximum absolute atomic E-state index is 5.47. The van der Waals surface area contributed by atoms with Crippen LogP contribution in [0.3, 0.4) is 0 Å². The van der Waals surface area contributed by atoms with Crippen LogP contribution in [0.1, 0.15) is 10.8 Å². The number of aromatic nitrogens is 4. The van der Waals surface area contributed by atoms with Gasteiger partial charge in [-0.2, -0.15) is 9.61 Å². The minimum Gasteiger partial charge on any atom is -0.384 e. The molecular weight excluding hydrogens is 214 g/mol. The summed E-state index contributed by atoms with van der Waals surface area (Å²) in [5, 5.41) is 13.5. The summed E-state index contributed by atoms with van der Waals surface area (Å²) < 4.78 is 6.77. The van der Waals surface area contributed by atoms with Crippen LogP contribution in [-0.4, -0.2) is 40.1 Å². The zero-order valence-corrected chi connectivity index (χ0v) is 9.33. The van der Waals surface area contributed by atoms with Gasteiger partial charge in [0, 0.05) is 20.0 Å². The van der Waals surface area contributed by atoms with Crippen LogP contribution in [0, 0.1) is 0 Å². The van der Waals surface area contributed by atoms with Crippen molar-refractivity contribution in [2.45, 2.75) is 12.8 Å². The SMILES string of the molecule is COCCc1nnc2sc(CCN)nn12. The van der Waals surface area contributed by atoms with Gasteiger partial charge in [-0.1, -0.05) is 11.3 Å². The highest BCUT2D eigenvalue weighted by Crippen LogP contribution is 2.14. The number of ether oxygens (including phenoxy) is 1. The Kier molecular flexibility index (Phi) is 3.24. The lowest BCUT2D eigenvalue weighted by Gasteiger charge is -1.94. The molecule has 82 valence electrons. The van der Waals surface area contributed by atoms with E-state index in [0.29, 0.717) is 13.2 Å². The van der Waals surface area contributed by atoms with Gasteiger partial charge in [0.1, 0.15) is 5.01 Å². The number of nitrogens with two attached hydrogens (primary N) is 1. The summed E-state index contributed by atoms with van der Waals surface area (Å²) in [6.07, 6.45) is 1.52. The van der Waals surface area contributed by atoms with Crippen LogP contribution < -0.4 is 5.73 Å². The second kappa shape index (κ2) is 4.65. The molecule has 0 aliphatic heterocycles. The molecule has 0 fully saturated rings. The lowest BCUT2D eigenvalue weighted by Crippen LogP contribution is -2.04. The molecule has 0 amide bonds. The lowest BCUT2D eigenvalue weighted by atomic mass is 10.4. The fourth-order valence-corrected chi connectivity index (χ4v) is 2.14. The highest BCUT2D eigenvalue weighted by Gasteiger charge is 2.10. The Hall–Kier alpha value is -1.05. The van der Waals surface area contributed by atoms with Crippen molar-refractivity contribution in [2.24, 2.45) is 5.73 Å². The lowest BCUT2D eigenvalue weighted by molar-refractivity contribution is 0.200. The van der Waals surface area contributed by atoms with Gasteiger partial charge in [-0.15, -0.1) is 10.2 Å². The average Bonchev–Trinajstić information content (AvgIpc) is 2.76. The molecule has 0 unspecified atom stereocenters. The van der Waals surface area contributed by atoms with E-state index >= 15 is 0 Å². The van der Waals surface area contributed by atoms with Crippen LogP contribution in [0.25, 0.3) is 4.96 Å². The van der Waals surface area contributed by atoms with E-state index in [0.717, 1.165) is 28.6 Å². The standard InChI is InChI=1S/C8H13N5OS/c1-14-5-3-6-10-11-8-13(6)12-7(15-8)2-4-9/h2-5,9H2,1H3. The first kappa shape index (κ1) is 10.5. The van der Waals surface area contributed by atoms with Gasteiger partial charge < -0.3 is 10.5 Å². The number of nitrogens with zero attached hydrogens (tertiary/aromatic N) is 4. The molecule has 2 rings (SSSR count). The molecule has 0 aromatic carbocycles. The fourth-order valence-electron chi connectivity index (χ4n) is 1.27. The monoisotopic (exact) mass is 227 g/mol. The summed E-state index contributed by atoms with van der Waals surface area (Å²) in [4.78, 5) is 0.824. The summed E-state index contributed by atoms with van der Waals surface area (Å²) in [5.41, 5.74) is 5.47. The van der Waals surface area contributed by atoms with Crippen molar-refractivity contribution in [2.75, 3.05) is 20.3 Å². The first-order chi connectivity index (χ1) is 7.35. The number of methoxy groups -OCH3 is 1. The van der Waals surface area contributed by atoms with Gasteiger partial charge in [0.15, 0.2) is 5.82 Å². The second-order valence-electron chi connectivity index (χ2n) is 3.09. The van der Waals surface area contributed by atoms with Crippen molar-refractivity contribution in [3.8, 4) is 0 Å². The van der Waals surface area contributed by atoms with Crippen molar-refractivity contribution in [1.29, 1.82) is 0 Å². The smallest absolute Gasteiger partial charge is 0.234 e. The number of hydrogen-bond acceptors (Lipinski definition) is 6. The van der Waals surface area contributed by atoms with E-state index in [2.05, 4.69) is 15.3 Å². The van der Waals surface area contributed by atoms with Gasteiger partial charge >= 0.3 is 0 Å². The van der Waals surface area contributed by atoms with Gasteiger partial charge in [-0.25, -0.2) is 0 Å². The van der Waals surface area contributed by atoms with Crippen molar-refractivity contribution in [3.05, 3.63) is 10.8 Å². The zero-order chi connectivity index (χ0) is 10.7. The summed E-state index contributed by atoms with van der Waals surface area (Å²) in [6, 6.07) is 0. The molecule has 7 heteroatoms. The van der Waals surface area contributed by atoms with E-state index in [1.807, 2.05) is 0 Å². The van der Waals surface area contributed by atoms with Crippen LogP contribution in [-0.2, 0) is 17.6 Å². The normalized spacial score (nSPS) is 11.3. The molecule has 15 heavy (non-hydrogen) atoms. The van der Waals surface area contributed by atoms with Crippen molar-refractivity contribution < 1.29 is 4.74 Å². The van der Waals surface area contributed by atoms with Gasteiger partial charge in [-0.3, -0.25) is 0 Å². The molecule has 2 aromatic heterocycles. The van der Waals surface area contributed by atoms with E-state index in [1.54, 1.807) is 11.6 Å². The van der Waals surface area contributed by atoms with E-state index in [1.165, 1.54) is 11.3 Å². The molecule has 0 saturated carbocycles. The number of fused-ring (bicyclic) bond motifs is 1. The van der Waals surface area contributed by atoms with Crippen molar-refractivity contribution in [3.63, 3.8) is 0 Å². The highest BCUT2D eigenvalue weighted by atomic mass is 32.1. The second-order valence-corrected chi connectivity index (χ2v) is 4.13. The van der Waals surface area contributed by atoms with Gasteiger partial charge in [0.2, 0.25) is 4.96 Å². The minimum absolute atomic E-state index is 0.609. The highest BCUT2D eigenvalue weighted by molar-refractivity contribution is 7.16. The molecular formula is C8H13N5OS. The Morgan fingerprint density at radius 2 is 2.27 bits per heavy atom. The molecule has 0 atom stereocenters. The van der Waals surface area contributed by atoms with Gasteiger partial charge in [0.05, 0.1) is 6.61 Å². The van der Waals surface area contributed by atoms with Crippen LogP contribution in [0.4, 0.5) is 0 Å². The largest absolute Gasteiger partial charge is 0.384 e. The van der Waals surface area contributed by atoms with E-state index < -0.39 is 0 Å². The molecule has 0 radical (unpaired) electrons. The Morgan fingerprint density at radius 3 is 3.00 bits per heavy atom. The topological polar surface area (TPSA) is 78.3 Å². The average molecular weight is 227 g/mol. The molecule has 2 aromatic rings. The third kappa shape index (κ3) is 2.14. The van der Waals surface area contributed by atoms with E-state index in [4.69, 9.17) is 10.5 Å². The maximum atomic E-state index is 5.47. The van der Waals surface area contributed by atoms with Gasteiger partial charge in [-0.05, 0) is 6.54 Å². The van der Waals surface area contributed by atoms with Crippen LogP contribution >= 0.6 is 11.3 Å². The van der Waals surface area contributed by atoms with Crippen LogP contribution in [0.15, 0.2) is 0 Å². The van der Waals surface area contributed by atoms with Crippen molar-refractivity contribution >= 4 is 16.3 Å². The third-order valence-corrected chi connectivity index (χ3v) is 2.94. The first-order valence-corrected chi connectivity index (χ1v) is 5.56. The fraction of sp³-hybridized carbons (Fsp3) is 0.625. The summed E-state index contributed by atoms with van der Waals surface area (Å²) >= 11 is 1.53. The third-order valence-electron chi connectivity index (χ3n) is 1.99. The predicted molar refractivity (Wildman–Crippen MR) is 57.0 cm³/mol. The predicted octanol–water partition coefficient (Wildman–Crippen LogP) is -0.124. The Bertz CT molecular complexity index is 437. The molecule has 0 bridgehead atoms. The van der Waals surface area contributed by atoms with E-state index in [-0.39, 0.29) is 0 Å². The molecule has 2 N–H and O–H groups in total. The Morgan fingerprint density at radius 1 is 1.40 bits per heavy atom. The zero-order valence-electron chi connectivity index (χ0n) is 8.51. The summed E-state index contributed by atoms with van der Waals surface area (Å²) in [6.45, 7) is 1.24. The Balaban J connectivity index is 2.23. The molecule has 0 saturated heterocycles. The quantitative estimate of drug-likeness (QED) is 0.770. The number of rotatable bonds is 5. The Labute approximate surface area is 91.1 Å². The molecule has 0 aliphatic rings. The van der Waals surface area contributed by atoms with Gasteiger partial charge in [0.25, 0.3) is 0 Å². The molecule has 0 aliphatic carbocycles. The number of hydrogen-bond donors (Lipinski definition) is 1. The minimum atomic E-state index is 0.609. The van der Waals surface area contributed by atoms with E-state index in [9.17, 15) is 0 Å². The van der Waals surface area contributed by atoms with Crippen LogP contribution in [0.5, 0.6) is 0 Å². The molecule has 0 spiro atoms. The molecule has 6 nitrogen and oxygen atoms in total. The van der Waals surface area contributed by atoms with Crippen LogP contribution in [0.2, 0.25) is 0 Å². The molecule has 2 heterocycles. The van der Waals surface area contributed by atoms with Crippen molar-refractivity contribution in [1.82, 2.24) is 19.8 Å². The maximum Gasteiger partial charge on any atom is 0.234 e.